The van der Waals surface area contributed by atoms with E-state index < -0.39 is 0 Å². The third-order valence-corrected chi connectivity index (χ3v) is 1.83. The lowest BCUT2D eigenvalue weighted by atomic mass is 10.2. The van der Waals surface area contributed by atoms with E-state index in [1.54, 1.807) is 0 Å². The molecule has 0 radical (unpaired) electrons. The zero-order valence-electron chi connectivity index (χ0n) is 10.4. The summed E-state index contributed by atoms with van der Waals surface area (Å²) in [6.07, 6.45) is 2.86. The van der Waals surface area contributed by atoms with Crippen LogP contribution in [-0.2, 0) is 6.42 Å². The van der Waals surface area contributed by atoms with Crippen molar-refractivity contribution in [3.05, 3.63) is 17.8 Å². The van der Waals surface area contributed by atoms with E-state index in [0.717, 1.165) is 24.6 Å². The standard InChI is InChI=1S/C8H10N2O.2C2H6/c1-9-8-4-7-6(5-10-8)2-3-11-7;2*1-2/h4-5H,2-3H2,1H3,(H,9,10);2*1-2H3. The van der Waals surface area contributed by atoms with Gasteiger partial charge in [0.1, 0.15) is 11.6 Å². The molecule has 2 heterocycles. The van der Waals surface area contributed by atoms with Crippen LogP contribution in [0.4, 0.5) is 5.82 Å². The second kappa shape index (κ2) is 8.09. The first-order valence-corrected chi connectivity index (χ1v) is 5.69. The number of pyridine rings is 1. The lowest BCUT2D eigenvalue weighted by Gasteiger charge is -2.01. The number of ether oxygens (including phenoxy) is 1. The molecular weight excluding hydrogens is 188 g/mol. The molecule has 0 spiro atoms. The summed E-state index contributed by atoms with van der Waals surface area (Å²) in [4.78, 5) is 4.18. The molecule has 2 rings (SSSR count). The molecule has 15 heavy (non-hydrogen) atoms. The summed E-state index contributed by atoms with van der Waals surface area (Å²) in [5.41, 5.74) is 1.21. The number of aromatic nitrogens is 1. The van der Waals surface area contributed by atoms with Gasteiger partial charge < -0.3 is 10.1 Å². The van der Waals surface area contributed by atoms with Crippen LogP contribution >= 0.6 is 0 Å². The van der Waals surface area contributed by atoms with Gasteiger partial charge in [0.15, 0.2) is 0 Å². The van der Waals surface area contributed by atoms with Crippen molar-refractivity contribution >= 4 is 5.82 Å². The van der Waals surface area contributed by atoms with E-state index in [1.165, 1.54) is 5.56 Å². The van der Waals surface area contributed by atoms with E-state index in [2.05, 4.69) is 10.3 Å². The summed E-state index contributed by atoms with van der Waals surface area (Å²) in [6, 6.07) is 1.93. The number of hydrogen-bond acceptors (Lipinski definition) is 3. The van der Waals surface area contributed by atoms with Gasteiger partial charge in [0.05, 0.1) is 6.61 Å². The lowest BCUT2D eigenvalue weighted by Crippen LogP contribution is -1.92. The molecule has 0 unspecified atom stereocenters. The number of rotatable bonds is 1. The predicted molar refractivity (Wildman–Crippen MR) is 65.7 cm³/mol. The van der Waals surface area contributed by atoms with Gasteiger partial charge in [-0.15, -0.1) is 0 Å². The number of nitrogens with one attached hydrogen (secondary N) is 1. The minimum absolute atomic E-state index is 0.796. The highest BCUT2D eigenvalue weighted by molar-refractivity contribution is 5.46. The summed E-state index contributed by atoms with van der Waals surface area (Å²) >= 11 is 0. The van der Waals surface area contributed by atoms with Crippen LogP contribution in [0.2, 0.25) is 0 Å². The van der Waals surface area contributed by atoms with Crippen LogP contribution < -0.4 is 10.1 Å². The Morgan fingerprint density at radius 1 is 1.27 bits per heavy atom. The molecule has 1 aromatic heterocycles. The highest BCUT2D eigenvalue weighted by Crippen LogP contribution is 2.25. The maximum atomic E-state index is 5.36. The number of anilines is 1. The SMILES string of the molecule is CC.CC.CNc1cc2c(cn1)CCO2. The molecule has 0 fully saturated rings. The molecule has 0 amide bonds. The molecule has 0 aliphatic carbocycles. The molecule has 0 saturated heterocycles. The van der Waals surface area contributed by atoms with Gasteiger partial charge in [-0.3, -0.25) is 0 Å². The van der Waals surface area contributed by atoms with Gasteiger partial charge in [-0.25, -0.2) is 4.98 Å². The van der Waals surface area contributed by atoms with E-state index in [4.69, 9.17) is 4.74 Å². The largest absolute Gasteiger partial charge is 0.493 e. The van der Waals surface area contributed by atoms with Gasteiger partial charge in [0, 0.05) is 31.3 Å². The van der Waals surface area contributed by atoms with Crippen molar-refractivity contribution in [3.8, 4) is 5.75 Å². The first-order valence-electron chi connectivity index (χ1n) is 5.69. The van der Waals surface area contributed by atoms with Gasteiger partial charge >= 0.3 is 0 Å². The summed E-state index contributed by atoms with van der Waals surface area (Å²) < 4.78 is 5.36. The molecule has 3 nitrogen and oxygen atoms in total. The topological polar surface area (TPSA) is 34.2 Å². The first-order chi connectivity index (χ1) is 7.40. The molecule has 0 aromatic carbocycles. The minimum Gasteiger partial charge on any atom is -0.493 e. The smallest absolute Gasteiger partial charge is 0.129 e. The van der Waals surface area contributed by atoms with Crippen LogP contribution in [0, 0.1) is 0 Å². The van der Waals surface area contributed by atoms with Crippen LogP contribution in [0.25, 0.3) is 0 Å². The fourth-order valence-corrected chi connectivity index (χ4v) is 1.19. The number of nitrogens with zero attached hydrogens (tertiary/aromatic N) is 1. The van der Waals surface area contributed by atoms with Crippen LogP contribution in [0.5, 0.6) is 5.75 Å². The Morgan fingerprint density at radius 3 is 2.53 bits per heavy atom. The quantitative estimate of drug-likeness (QED) is 0.773. The minimum atomic E-state index is 0.796. The fourth-order valence-electron chi connectivity index (χ4n) is 1.19. The molecule has 1 aliphatic rings. The summed E-state index contributed by atoms with van der Waals surface area (Å²) in [6.45, 7) is 8.80. The highest BCUT2D eigenvalue weighted by atomic mass is 16.5. The molecule has 0 bridgehead atoms. The molecule has 3 heteroatoms. The molecule has 1 aromatic rings. The fraction of sp³-hybridized carbons (Fsp3) is 0.583. The Hall–Kier alpha value is -1.25. The number of hydrogen-bond donors (Lipinski definition) is 1. The molecule has 0 saturated carbocycles. The van der Waals surface area contributed by atoms with Gasteiger partial charge in [0.25, 0.3) is 0 Å². The monoisotopic (exact) mass is 210 g/mol. The normalized spacial score (nSPS) is 11.0. The molecule has 1 N–H and O–H groups in total. The second-order valence-electron chi connectivity index (χ2n) is 2.53. The first kappa shape index (κ1) is 13.8. The summed E-state index contributed by atoms with van der Waals surface area (Å²) in [7, 11) is 1.85. The Morgan fingerprint density at radius 2 is 1.93 bits per heavy atom. The Kier molecular flexibility index (Phi) is 7.42. The Labute approximate surface area is 92.9 Å². The maximum absolute atomic E-state index is 5.36. The van der Waals surface area contributed by atoms with Gasteiger partial charge in [-0.2, -0.15) is 0 Å². The van der Waals surface area contributed by atoms with E-state index in [9.17, 15) is 0 Å². The van der Waals surface area contributed by atoms with E-state index in [0.29, 0.717) is 0 Å². The van der Waals surface area contributed by atoms with E-state index in [1.807, 2.05) is 47.0 Å². The van der Waals surface area contributed by atoms with Crippen LogP contribution in [0.1, 0.15) is 33.3 Å². The van der Waals surface area contributed by atoms with Crippen molar-refractivity contribution < 1.29 is 4.74 Å². The predicted octanol–water partition coefficient (Wildman–Crippen LogP) is 3.11. The van der Waals surface area contributed by atoms with Crippen molar-refractivity contribution in [2.75, 3.05) is 19.0 Å². The van der Waals surface area contributed by atoms with Gasteiger partial charge in [0.2, 0.25) is 0 Å². The zero-order valence-corrected chi connectivity index (χ0v) is 10.4. The molecule has 0 atom stereocenters. The third kappa shape index (κ3) is 3.78. The second-order valence-corrected chi connectivity index (χ2v) is 2.53. The Balaban J connectivity index is 0.000000442. The average Bonchev–Trinajstić information content (AvgIpc) is 2.81. The number of fused-ring (bicyclic) bond motifs is 1. The average molecular weight is 210 g/mol. The van der Waals surface area contributed by atoms with Crippen molar-refractivity contribution in [3.63, 3.8) is 0 Å². The van der Waals surface area contributed by atoms with Crippen molar-refractivity contribution in [1.29, 1.82) is 0 Å². The van der Waals surface area contributed by atoms with Gasteiger partial charge in [-0.1, -0.05) is 27.7 Å². The van der Waals surface area contributed by atoms with E-state index >= 15 is 0 Å². The summed E-state index contributed by atoms with van der Waals surface area (Å²) in [5.74, 6) is 1.84. The Bertz CT molecular complexity index is 274. The summed E-state index contributed by atoms with van der Waals surface area (Å²) in [5, 5.41) is 2.97. The van der Waals surface area contributed by atoms with E-state index in [-0.39, 0.29) is 0 Å². The van der Waals surface area contributed by atoms with Crippen molar-refractivity contribution in [1.82, 2.24) is 4.98 Å². The van der Waals surface area contributed by atoms with Crippen LogP contribution in [-0.4, -0.2) is 18.6 Å². The molecular formula is C12H22N2O. The third-order valence-electron chi connectivity index (χ3n) is 1.83. The molecule has 86 valence electrons. The van der Waals surface area contributed by atoms with Crippen LogP contribution in [0.3, 0.4) is 0 Å². The van der Waals surface area contributed by atoms with Crippen molar-refractivity contribution in [2.45, 2.75) is 34.1 Å². The van der Waals surface area contributed by atoms with Crippen LogP contribution in [0.15, 0.2) is 12.3 Å². The molecule has 1 aliphatic heterocycles. The highest BCUT2D eigenvalue weighted by Gasteiger charge is 2.11. The maximum Gasteiger partial charge on any atom is 0.129 e. The lowest BCUT2D eigenvalue weighted by molar-refractivity contribution is 0.357. The van der Waals surface area contributed by atoms with Crippen molar-refractivity contribution in [2.24, 2.45) is 0 Å². The zero-order chi connectivity index (χ0) is 11.7. The van der Waals surface area contributed by atoms with Gasteiger partial charge in [-0.05, 0) is 0 Å².